The number of benzene rings is 1. The highest BCUT2D eigenvalue weighted by Crippen LogP contribution is 2.08. The molecule has 1 rings (SSSR count). The van der Waals surface area contributed by atoms with Crippen molar-refractivity contribution in [1.82, 2.24) is 5.43 Å². The summed E-state index contributed by atoms with van der Waals surface area (Å²) in [6.45, 7) is 2.21. The smallest absolute Gasteiger partial charge is 0.240 e. The molecule has 4 heteroatoms. The SMILES string of the molecule is CCCCCCCCCC(=O)N/N=C/c1ccc(F)cc1. The lowest BCUT2D eigenvalue weighted by atomic mass is 10.1. The summed E-state index contributed by atoms with van der Waals surface area (Å²) < 4.78 is 12.7. The summed E-state index contributed by atoms with van der Waals surface area (Å²) in [6.07, 6.45) is 10.3. The van der Waals surface area contributed by atoms with E-state index < -0.39 is 0 Å². The first kappa shape index (κ1) is 17.3. The molecule has 0 spiro atoms. The minimum atomic E-state index is -0.282. The number of unbranched alkanes of at least 4 members (excludes halogenated alkanes) is 6. The van der Waals surface area contributed by atoms with Crippen molar-refractivity contribution >= 4 is 12.1 Å². The molecule has 1 N–H and O–H groups in total. The Kier molecular flexibility index (Phi) is 9.09. The van der Waals surface area contributed by atoms with E-state index in [2.05, 4.69) is 17.5 Å². The van der Waals surface area contributed by atoms with Gasteiger partial charge in [-0.15, -0.1) is 0 Å². The molecule has 1 amide bonds. The van der Waals surface area contributed by atoms with Gasteiger partial charge in [0.1, 0.15) is 5.82 Å². The molecular weight excluding hydrogens is 267 g/mol. The van der Waals surface area contributed by atoms with Crippen molar-refractivity contribution in [2.75, 3.05) is 0 Å². The van der Waals surface area contributed by atoms with Gasteiger partial charge in [-0.05, 0) is 24.1 Å². The highest BCUT2D eigenvalue weighted by atomic mass is 19.1. The second kappa shape index (κ2) is 11.0. The van der Waals surface area contributed by atoms with Gasteiger partial charge in [0.15, 0.2) is 0 Å². The zero-order chi connectivity index (χ0) is 15.3. The number of nitrogens with zero attached hydrogens (tertiary/aromatic N) is 1. The number of hydrogen-bond acceptors (Lipinski definition) is 2. The maximum Gasteiger partial charge on any atom is 0.240 e. The summed E-state index contributed by atoms with van der Waals surface area (Å²) in [6, 6.07) is 5.95. The van der Waals surface area contributed by atoms with Crippen LogP contribution in [0, 0.1) is 5.82 Å². The highest BCUT2D eigenvalue weighted by Gasteiger charge is 1.99. The molecule has 0 heterocycles. The fourth-order valence-electron chi connectivity index (χ4n) is 2.03. The van der Waals surface area contributed by atoms with Gasteiger partial charge < -0.3 is 0 Å². The van der Waals surface area contributed by atoms with E-state index in [9.17, 15) is 9.18 Å². The highest BCUT2D eigenvalue weighted by molar-refractivity contribution is 5.82. The van der Waals surface area contributed by atoms with Crippen LogP contribution in [-0.2, 0) is 4.79 Å². The van der Waals surface area contributed by atoms with E-state index in [0.717, 1.165) is 18.4 Å². The van der Waals surface area contributed by atoms with Crippen molar-refractivity contribution in [3.63, 3.8) is 0 Å². The second-order valence-corrected chi connectivity index (χ2v) is 5.22. The van der Waals surface area contributed by atoms with Crippen molar-refractivity contribution in [2.24, 2.45) is 5.10 Å². The molecule has 21 heavy (non-hydrogen) atoms. The van der Waals surface area contributed by atoms with E-state index in [-0.39, 0.29) is 11.7 Å². The van der Waals surface area contributed by atoms with Crippen molar-refractivity contribution in [3.8, 4) is 0 Å². The quantitative estimate of drug-likeness (QED) is 0.387. The molecule has 0 aromatic heterocycles. The summed E-state index contributed by atoms with van der Waals surface area (Å²) in [7, 11) is 0. The molecule has 0 bridgehead atoms. The van der Waals surface area contributed by atoms with Crippen LogP contribution in [-0.4, -0.2) is 12.1 Å². The van der Waals surface area contributed by atoms with E-state index in [0.29, 0.717) is 6.42 Å². The fraction of sp³-hybridized carbons (Fsp3) is 0.529. The first-order valence-corrected chi connectivity index (χ1v) is 7.80. The third-order valence-electron chi connectivity index (χ3n) is 3.28. The van der Waals surface area contributed by atoms with Gasteiger partial charge >= 0.3 is 0 Å². The number of amides is 1. The van der Waals surface area contributed by atoms with Crippen molar-refractivity contribution in [2.45, 2.75) is 58.3 Å². The Balaban J connectivity index is 2.07. The minimum absolute atomic E-state index is 0.0677. The van der Waals surface area contributed by atoms with Gasteiger partial charge in [0.25, 0.3) is 0 Å². The lowest BCUT2D eigenvalue weighted by Gasteiger charge is -2.01. The predicted molar refractivity (Wildman–Crippen MR) is 84.7 cm³/mol. The Morgan fingerprint density at radius 1 is 1.10 bits per heavy atom. The average Bonchev–Trinajstić information content (AvgIpc) is 2.48. The molecule has 0 saturated heterocycles. The molecule has 0 unspecified atom stereocenters. The third-order valence-corrected chi connectivity index (χ3v) is 3.28. The topological polar surface area (TPSA) is 41.5 Å². The maximum absolute atomic E-state index is 12.7. The molecule has 1 aromatic carbocycles. The van der Waals surface area contributed by atoms with Crippen LogP contribution in [0.5, 0.6) is 0 Å². The summed E-state index contributed by atoms with van der Waals surface area (Å²) >= 11 is 0. The number of carbonyl (C=O) groups is 1. The summed E-state index contributed by atoms with van der Waals surface area (Å²) in [5.41, 5.74) is 3.25. The Bertz CT molecular complexity index is 429. The lowest BCUT2D eigenvalue weighted by molar-refractivity contribution is -0.121. The average molecular weight is 292 g/mol. The Hall–Kier alpha value is -1.71. The number of rotatable bonds is 10. The minimum Gasteiger partial charge on any atom is -0.273 e. The lowest BCUT2D eigenvalue weighted by Crippen LogP contribution is -2.16. The zero-order valence-corrected chi connectivity index (χ0v) is 12.8. The molecule has 1 aromatic rings. The van der Waals surface area contributed by atoms with Crippen LogP contribution in [0.3, 0.4) is 0 Å². The monoisotopic (exact) mass is 292 g/mol. The molecule has 0 fully saturated rings. The van der Waals surface area contributed by atoms with Gasteiger partial charge in [-0.2, -0.15) is 5.10 Å². The molecule has 3 nitrogen and oxygen atoms in total. The van der Waals surface area contributed by atoms with Gasteiger partial charge in [-0.1, -0.05) is 57.6 Å². The van der Waals surface area contributed by atoms with E-state index in [1.54, 1.807) is 12.1 Å². The van der Waals surface area contributed by atoms with Crippen LogP contribution in [0.2, 0.25) is 0 Å². The van der Waals surface area contributed by atoms with Gasteiger partial charge in [0.05, 0.1) is 6.21 Å². The standard InChI is InChI=1S/C17H25FN2O/c1-2-3-4-5-6-7-8-9-17(21)20-19-14-15-10-12-16(18)13-11-15/h10-14H,2-9H2,1H3,(H,20,21)/b19-14+. The molecule has 0 radical (unpaired) electrons. The largest absolute Gasteiger partial charge is 0.273 e. The van der Waals surface area contributed by atoms with Crippen molar-refractivity contribution < 1.29 is 9.18 Å². The van der Waals surface area contributed by atoms with E-state index in [1.165, 1.54) is 50.5 Å². The Morgan fingerprint density at radius 2 is 1.71 bits per heavy atom. The van der Waals surface area contributed by atoms with Gasteiger partial charge in [-0.3, -0.25) is 4.79 Å². The Morgan fingerprint density at radius 3 is 2.38 bits per heavy atom. The fourth-order valence-corrected chi connectivity index (χ4v) is 2.03. The molecule has 0 atom stereocenters. The first-order chi connectivity index (χ1) is 10.2. The Labute approximate surface area is 126 Å². The van der Waals surface area contributed by atoms with Crippen LogP contribution < -0.4 is 5.43 Å². The number of hydrazone groups is 1. The van der Waals surface area contributed by atoms with Crippen LogP contribution in [0.4, 0.5) is 4.39 Å². The van der Waals surface area contributed by atoms with Crippen LogP contribution in [0.25, 0.3) is 0 Å². The molecular formula is C17H25FN2O. The van der Waals surface area contributed by atoms with Crippen LogP contribution in [0.15, 0.2) is 29.4 Å². The first-order valence-electron chi connectivity index (χ1n) is 7.80. The van der Waals surface area contributed by atoms with E-state index in [1.807, 2.05) is 0 Å². The maximum atomic E-state index is 12.7. The number of hydrogen-bond donors (Lipinski definition) is 1. The van der Waals surface area contributed by atoms with Gasteiger partial charge in [0.2, 0.25) is 5.91 Å². The molecule has 0 aliphatic rings. The second-order valence-electron chi connectivity index (χ2n) is 5.22. The molecule has 0 aliphatic heterocycles. The van der Waals surface area contributed by atoms with Crippen LogP contribution >= 0.6 is 0 Å². The third kappa shape index (κ3) is 8.95. The normalized spacial score (nSPS) is 11.0. The number of nitrogens with one attached hydrogen (secondary N) is 1. The summed E-state index contributed by atoms with van der Waals surface area (Å²) in [5, 5.41) is 3.86. The van der Waals surface area contributed by atoms with Gasteiger partial charge in [-0.25, -0.2) is 9.82 Å². The molecule has 116 valence electrons. The number of carbonyl (C=O) groups excluding carboxylic acids is 1. The van der Waals surface area contributed by atoms with Gasteiger partial charge in [0, 0.05) is 6.42 Å². The van der Waals surface area contributed by atoms with Crippen molar-refractivity contribution in [3.05, 3.63) is 35.6 Å². The van der Waals surface area contributed by atoms with E-state index >= 15 is 0 Å². The summed E-state index contributed by atoms with van der Waals surface area (Å²) in [4.78, 5) is 11.5. The zero-order valence-electron chi connectivity index (χ0n) is 12.8. The number of halogens is 1. The van der Waals surface area contributed by atoms with Crippen molar-refractivity contribution in [1.29, 1.82) is 0 Å². The predicted octanol–water partition coefficient (Wildman–Crippen LogP) is 4.42. The van der Waals surface area contributed by atoms with E-state index in [4.69, 9.17) is 0 Å². The summed E-state index contributed by atoms with van der Waals surface area (Å²) in [5.74, 6) is -0.350. The molecule has 0 aliphatic carbocycles. The molecule has 0 saturated carbocycles. The van der Waals surface area contributed by atoms with Crippen LogP contribution in [0.1, 0.15) is 63.9 Å².